The van der Waals surface area contributed by atoms with Crippen LogP contribution in [-0.2, 0) is 9.53 Å². The van der Waals surface area contributed by atoms with Gasteiger partial charge in [0.05, 0.1) is 4.92 Å². The van der Waals surface area contributed by atoms with Crippen molar-refractivity contribution in [3.8, 4) is 0 Å². The summed E-state index contributed by atoms with van der Waals surface area (Å²) in [6.45, 7) is 1.55. The number of hydrogen-bond acceptors (Lipinski definition) is 5. The molecule has 6 nitrogen and oxygen atoms in total. The zero-order chi connectivity index (χ0) is 17.3. The average Bonchev–Trinajstić information content (AvgIpc) is 2.88. The predicted molar refractivity (Wildman–Crippen MR) is 84.8 cm³/mol. The van der Waals surface area contributed by atoms with Crippen LogP contribution in [0.4, 0.5) is 10.1 Å². The van der Waals surface area contributed by atoms with E-state index in [1.165, 1.54) is 36.4 Å². The number of ether oxygens (including phenoxy) is 1. The molecule has 24 heavy (non-hydrogen) atoms. The molecule has 0 fully saturated rings. The lowest BCUT2D eigenvalue weighted by atomic mass is 10.1. The summed E-state index contributed by atoms with van der Waals surface area (Å²) in [7, 11) is 0. The van der Waals surface area contributed by atoms with Gasteiger partial charge in [0.1, 0.15) is 5.82 Å². The molecular formula is C17H11FN2O4. The second-order valence-corrected chi connectivity index (χ2v) is 5.10. The summed E-state index contributed by atoms with van der Waals surface area (Å²) in [6, 6.07) is 10.1. The smallest absolute Gasteiger partial charge is 0.363 e. The quantitative estimate of drug-likeness (QED) is 0.375. The highest BCUT2D eigenvalue weighted by Gasteiger charge is 2.27. The number of benzene rings is 2. The van der Waals surface area contributed by atoms with Crippen molar-refractivity contribution in [3.63, 3.8) is 0 Å². The number of hydrogen-bond donors (Lipinski definition) is 0. The number of rotatable bonds is 3. The molecule has 1 aliphatic rings. The Bertz CT molecular complexity index is 919. The highest BCUT2D eigenvalue weighted by atomic mass is 19.1. The van der Waals surface area contributed by atoms with Gasteiger partial charge in [-0.15, -0.1) is 0 Å². The number of nitro benzene ring substituents is 1. The Kier molecular flexibility index (Phi) is 3.91. The molecule has 0 aromatic heterocycles. The first kappa shape index (κ1) is 15.5. The maximum Gasteiger partial charge on any atom is 0.363 e. The summed E-state index contributed by atoms with van der Waals surface area (Å²) in [5.41, 5.74) is 1.08. The molecule has 7 heteroatoms. The van der Waals surface area contributed by atoms with Crippen molar-refractivity contribution in [2.24, 2.45) is 4.99 Å². The average molecular weight is 326 g/mol. The molecule has 1 heterocycles. The SMILES string of the molecule is Cc1c(C2=NC(=Cc3cccc(F)c3)C(=O)O2)cccc1[N+](=O)[O-]. The van der Waals surface area contributed by atoms with Gasteiger partial charge in [0.2, 0.25) is 5.90 Å². The van der Waals surface area contributed by atoms with Gasteiger partial charge in [0.25, 0.3) is 5.69 Å². The van der Waals surface area contributed by atoms with Crippen molar-refractivity contribution >= 4 is 23.6 Å². The molecule has 0 amide bonds. The molecule has 2 aromatic carbocycles. The number of nitrogens with zero attached hydrogens (tertiary/aromatic N) is 2. The maximum absolute atomic E-state index is 13.2. The van der Waals surface area contributed by atoms with Gasteiger partial charge in [0.15, 0.2) is 5.70 Å². The Morgan fingerprint density at radius 3 is 2.71 bits per heavy atom. The molecule has 1 aliphatic heterocycles. The zero-order valence-corrected chi connectivity index (χ0v) is 12.5. The van der Waals surface area contributed by atoms with Gasteiger partial charge >= 0.3 is 5.97 Å². The van der Waals surface area contributed by atoms with Crippen LogP contribution in [0.5, 0.6) is 0 Å². The summed E-state index contributed by atoms with van der Waals surface area (Å²) >= 11 is 0. The Hall–Kier alpha value is -3.35. The van der Waals surface area contributed by atoms with Crippen molar-refractivity contribution in [3.05, 3.63) is 80.8 Å². The molecule has 0 saturated heterocycles. The Morgan fingerprint density at radius 2 is 2.00 bits per heavy atom. The predicted octanol–water partition coefficient (Wildman–Crippen LogP) is 3.39. The molecule has 2 aromatic rings. The van der Waals surface area contributed by atoms with Gasteiger partial charge in [-0.05, 0) is 36.8 Å². The summed E-state index contributed by atoms with van der Waals surface area (Å²) < 4.78 is 18.3. The van der Waals surface area contributed by atoms with Gasteiger partial charge in [-0.2, -0.15) is 0 Å². The lowest BCUT2D eigenvalue weighted by Gasteiger charge is -2.04. The van der Waals surface area contributed by atoms with Crippen LogP contribution in [0.1, 0.15) is 16.7 Å². The van der Waals surface area contributed by atoms with Gasteiger partial charge < -0.3 is 4.74 Å². The molecular weight excluding hydrogens is 315 g/mol. The minimum atomic E-state index is -0.694. The molecule has 0 atom stereocenters. The van der Waals surface area contributed by atoms with Crippen LogP contribution in [0.15, 0.2) is 53.2 Å². The summed E-state index contributed by atoms with van der Waals surface area (Å²) in [5, 5.41) is 11.0. The molecule has 0 aliphatic carbocycles. The van der Waals surface area contributed by atoms with Crippen LogP contribution < -0.4 is 0 Å². The fourth-order valence-electron chi connectivity index (χ4n) is 2.33. The monoisotopic (exact) mass is 326 g/mol. The molecule has 0 bridgehead atoms. The highest BCUT2D eigenvalue weighted by molar-refractivity contribution is 6.13. The first-order chi connectivity index (χ1) is 11.5. The first-order valence-electron chi connectivity index (χ1n) is 6.98. The van der Waals surface area contributed by atoms with Crippen molar-refractivity contribution in [2.45, 2.75) is 6.92 Å². The third-order valence-corrected chi connectivity index (χ3v) is 3.50. The van der Waals surface area contributed by atoms with E-state index in [1.807, 2.05) is 0 Å². The fraction of sp³-hybridized carbons (Fsp3) is 0.0588. The third kappa shape index (κ3) is 2.91. The van der Waals surface area contributed by atoms with E-state index in [1.54, 1.807) is 19.1 Å². The number of aliphatic imine (C=N–C) groups is 1. The standard InChI is InChI=1S/C17H11FN2O4/c1-10-13(6-3-7-15(10)20(22)23)16-19-14(17(21)24-16)9-11-4-2-5-12(18)8-11/h2-9H,1H3. The molecule has 0 spiro atoms. The van der Waals surface area contributed by atoms with Crippen molar-refractivity contribution in [1.29, 1.82) is 0 Å². The molecule has 3 rings (SSSR count). The first-order valence-corrected chi connectivity index (χ1v) is 6.98. The topological polar surface area (TPSA) is 81.8 Å². The van der Waals surface area contributed by atoms with E-state index in [-0.39, 0.29) is 17.3 Å². The lowest BCUT2D eigenvalue weighted by molar-refractivity contribution is -0.385. The van der Waals surface area contributed by atoms with Gasteiger partial charge in [-0.1, -0.05) is 18.2 Å². The normalized spacial score (nSPS) is 15.3. The van der Waals surface area contributed by atoms with E-state index in [4.69, 9.17) is 4.74 Å². The van der Waals surface area contributed by atoms with Crippen LogP contribution in [0.25, 0.3) is 6.08 Å². The second kappa shape index (κ2) is 6.04. The molecule has 120 valence electrons. The number of nitro groups is 1. The van der Waals surface area contributed by atoms with Crippen LogP contribution in [0.3, 0.4) is 0 Å². The molecule has 0 radical (unpaired) electrons. The minimum Gasteiger partial charge on any atom is -0.402 e. The van der Waals surface area contributed by atoms with Crippen LogP contribution in [-0.4, -0.2) is 16.8 Å². The molecule has 0 N–H and O–H groups in total. The Morgan fingerprint density at radius 1 is 1.25 bits per heavy atom. The lowest BCUT2D eigenvalue weighted by Crippen LogP contribution is -2.08. The summed E-state index contributed by atoms with van der Waals surface area (Å²) in [5.74, 6) is -1.14. The summed E-state index contributed by atoms with van der Waals surface area (Å²) in [6.07, 6.45) is 1.39. The number of carbonyl (C=O) groups is 1. The van der Waals surface area contributed by atoms with Gasteiger partial charge in [-0.25, -0.2) is 14.2 Å². The third-order valence-electron chi connectivity index (χ3n) is 3.50. The van der Waals surface area contributed by atoms with E-state index >= 15 is 0 Å². The Labute approximate surface area is 136 Å². The minimum absolute atomic E-state index is 0.00139. The molecule has 0 saturated carbocycles. The van der Waals surface area contributed by atoms with E-state index in [0.717, 1.165) is 0 Å². The summed E-state index contributed by atoms with van der Waals surface area (Å²) in [4.78, 5) is 26.5. The maximum atomic E-state index is 13.2. The largest absolute Gasteiger partial charge is 0.402 e. The van der Waals surface area contributed by atoms with E-state index < -0.39 is 16.7 Å². The van der Waals surface area contributed by atoms with Crippen molar-refractivity contribution < 1.29 is 18.8 Å². The van der Waals surface area contributed by atoms with Gasteiger partial charge in [-0.3, -0.25) is 10.1 Å². The Balaban J connectivity index is 2.01. The zero-order valence-electron chi connectivity index (χ0n) is 12.5. The number of carbonyl (C=O) groups excluding carboxylic acids is 1. The van der Waals surface area contributed by atoms with Crippen molar-refractivity contribution in [1.82, 2.24) is 0 Å². The number of halogens is 1. The number of cyclic esters (lactones) is 1. The van der Waals surface area contributed by atoms with Crippen LogP contribution >= 0.6 is 0 Å². The number of esters is 1. The van der Waals surface area contributed by atoms with Gasteiger partial charge in [0, 0.05) is 17.2 Å². The molecule has 0 unspecified atom stereocenters. The van der Waals surface area contributed by atoms with E-state index in [2.05, 4.69) is 4.99 Å². The van der Waals surface area contributed by atoms with E-state index in [0.29, 0.717) is 16.7 Å². The van der Waals surface area contributed by atoms with Crippen molar-refractivity contribution in [2.75, 3.05) is 0 Å². The second-order valence-electron chi connectivity index (χ2n) is 5.10. The van der Waals surface area contributed by atoms with Crippen LogP contribution in [0.2, 0.25) is 0 Å². The van der Waals surface area contributed by atoms with Crippen LogP contribution in [0, 0.1) is 22.9 Å². The van der Waals surface area contributed by atoms with E-state index in [9.17, 15) is 19.3 Å². The fourth-order valence-corrected chi connectivity index (χ4v) is 2.33. The highest BCUT2D eigenvalue weighted by Crippen LogP contribution is 2.26.